The minimum absolute atomic E-state index is 0.0896. The topological polar surface area (TPSA) is 73.8 Å². The number of thioether (sulfide) groups is 1. The average Bonchev–Trinajstić information content (AvgIpc) is 3.40. The van der Waals surface area contributed by atoms with E-state index >= 15 is 0 Å². The summed E-state index contributed by atoms with van der Waals surface area (Å²) < 4.78 is 16.1. The highest BCUT2D eigenvalue weighted by atomic mass is 32.2. The van der Waals surface area contributed by atoms with Crippen molar-refractivity contribution in [3.8, 4) is 11.4 Å². The molecule has 0 aliphatic heterocycles. The molecule has 0 N–H and O–H groups in total. The molecule has 0 radical (unpaired) electrons. The van der Waals surface area contributed by atoms with E-state index < -0.39 is 0 Å². The van der Waals surface area contributed by atoms with Crippen molar-refractivity contribution >= 4 is 17.4 Å². The zero-order valence-electron chi connectivity index (χ0n) is 13.7. The highest BCUT2D eigenvalue weighted by Gasteiger charge is 2.31. The summed E-state index contributed by atoms with van der Waals surface area (Å²) in [4.78, 5) is 10.8. The van der Waals surface area contributed by atoms with Crippen molar-refractivity contribution in [2.24, 2.45) is 0 Å². The summed E-state index contributed by atoms with van der Waals surface area (Å²) in [5.41, 5.74) is 1.14. The molecule has 3 aromatic rings. The largest absolute Gasteiger partial charge is 0.299 e. The van der Waals surface area contributed by atoms with Gasteiger partial charge in [0.1, 0.15) is 5.82 Å². The number of para-hydroxylation sites is 1. The number of benzene rings is 2. The van der Waals surface area contributed by atoms with Crippen molar-refractivity contribution < 1.29 is 9.31 Å². The zero-order chi connectivity index (χ0) is 18.1. The maximum Gasteiger partial charge on any atom is 0.273 e. The first-order valence-corrected chi connectivity index (χ1v) is 9.18. The lowest BCUT2D eigenvalue weighted by molar-refractivity contribution is -0.385. The summed E-state index contributed by atoms with van der Waals surface area (Å²) in [5.74, 6) is 0.576. The summed E-state index contributed by atoms with van der Waals surface area (Å²) >= 11 is 1.38. The molecule has 0 unspecified atom stereocenters. The number of nitro groups is 1. The molecule has 4 rings (SSSR count). The summed E-state index contributed by atoms with van der Waals surface area (Å²) in [5, 5.41) is 20.2. The normalized spacial score (nSPS) is 13.7. The van der Waals surface area contributed by atoms with Crippen LogP contribution in [0.2, 0.25) is 0 Å². The van der Waals surface area contributed by atoms with Crippen LogP contribution in [-0.2, 0) is 5.75 Å². The molecule has 0 spiro atoms. The van der Waals surface area contributed by atoms with E-state index in [0.29, 0.717) is 27.9 Å². The van der Waals surface area contributed by atoms with E-state index in [0.717, 1.165) is 12.8 Å². The minimum Gasteiger partial charge on any atom is -0.299 e. The molecule has 0 amide bonds. The molecule has 8 heteroatoms. The SMILES string of the molecule is O=[N+]([O-])c1ccccc1CSc1nnc(-c2ccccc2F)n1C1CC1. The van der Waals surface area contributed by atoms with Gasteiger partial charge in [-0.2, -0.15) is 0 Å². The summed E-state index contributed by atoms with van der Waals surface area (Å²) in [7, 11) is 0. The Kier molecular flexibility index (Phi) is 4.42. The van der Waals surface area contributed by atoms with Gasteiger partial charge < -0.3 is 0 Å². The van der Waals surface area contributed by atoms with Gasteiger partial charge in [-0.25, -0.2) is 4.39 Å². The van der Waals surface area contributed by atoms with E-state index in [1.54, 1.807) is 36.4 Å². The van der Waals surface area contributed by atoms with Gasteiger partial charge in [0.2, 0.25) is 0 Å². The van der Waals surface area contributed by atoms with Gasteiger partial charge in [-0.1, -0.05) is 42.1 Å². The molecule has 6 nitrogen and oxygen atoms in total. The van der Waals surface area contributed by atoms with E-state index in [9.17, 15) is 14.5 Å². The van der Waals surface area contributed by atoms with Gasteiger partial charge in [0.05, 0.1) is 10.5 Å². The first-order valence-electron chi connectivity index (χ1n) is 8.20. The zero-order valence-corrected chi connectivity index (χ0v) is 14.5. The van der Waals surface area contributed by atoms with Crippen LogP contribution in [0.3, 0.4) is 0 Å². The molecule has 1 aliphatic rings. The van der Waals surface area contributed by atoms with E-state index in [1.807, 2.05) is 4.57 Å². The Morgan fingerprint density at radius 3 is 2.62 bits per heavy atom. The van der Waals surface area contributed by atoms with Crippen LogP contribution < -0.4 is 0 Å². The first kappa shape index (κ1) is 16.7. The van der Waals surface area contributed by atoms with Crippen LogP contribution in [0.1, 0.15) is 24.4 Å². The quantitative estimate of drug-likeness (QED) is 0.360. The average molecular weight is 370 g/mol. The van der Waals surface area contributed by atoms with Crippen molar-refractivity contribution in [3.63, 3.8) is 0 Å². The Labute approximate surface area is 153 Å². The Bertz CT molecular complexity index is 971. The van der Waals surface area contributed by atoms with Gasteiger partial charge in [-0.05, 0) is 25.0 Å². The molecule has 26 heavy (non-hydrogen) atoms. The highest BCUT2D eigenvalue weighted by molar-refractivity contribution is 7.98. The third kappa shape index (κ3) is 3.20. The summed E-state index contributed by atoms with van der Waals surface area (Å²) in [6.07, 6.45) is 2.00. The van der Waals surface area contributed by atoms with Crippen molar-refractivity contribution in [1.29, 1.82) is 0 Å². The molecule has 0 bridgehead atoms. The number of aromatic nitrogens is 3. The molecule has 1 fully saturated rings. The van der Waals surface area contributed by atoms with E-state index in [-0.39, 0.29) is 22.5 Å². The second kappa shape index (κ2) is 6.87. The van der Waals surface area contributed by atoms with Crippen molar-refractivity contribution in [3.05, 3.63) is 70.0 Å². The highest BCUT2D eigenvalue weighted by Crippen LogP contribution is 2.42. The second-order valence-corrected chi connectivity index (χ2v) is 7.00. The molecular weight excluding hydrogens is 355 g/mol. The van der Waals surface area contributed by atoms with Crippen molar-refractivity contribution in [2.45, 2.75) is 29.8 Å². The summed E-state index contributed by atoms with van der Waals surface area (Å²) in [6, 6.07) is 13.4. The first-order chi connectivity index (χ1) is 12.6. The fourth-order valence-corrected chi connectivity index (χ4v) is 3.82. The lowest BCUT2D eigenvalue weighted by Gasteiger charge is -2.09. The Balaban J connectivity index is 1.65. The molecule has 132 valence electrons. The smallest absolute Gasteiger partial charge is 0.273 e. The monoisotopic (exact) mass is 370 g/mol. The molecular formula is C18H15FN4O2S. The molecule has 1 saturated carbocycles. The standard InChI is InChI=1S/C18H15FN4O2S/c19-15-7-3-2-6-14(15)17-20-21-18(22(17)13-9-10-13)26-11-12-5-1-4-8-16(12)23(24)25/h1-8,13H,9-11H2. The lowest BCUT2D eigenvalue weighted by Crippen LogP contribution is -2.01. The van der Waals surface area contributed by atoms with E-state index in [2.05, 4.69) is 10.2 Å². The molecule has 1 aromatic heterocycles. The van der Waals surface area contributed by atoms with Gasteiger partial charge in [0.15, 0.2) is 11.0 Å². The van der Waals surface area contributed by atoms with E-state index in [1.165, 1.54) is 23.9 Å². The molecule has 1 heterocycles. The maximum atomic E-state index is 14.2. The van der Waals surface area contributed by atoms with Crippen LogP contribution in [-0.4, -0.2) is 19.7 Å². The Hall–Kier alpha value is -2.74. The van der Waals surface area contributed by atoms with Gasteiger partial charge in [0, 0.05) is 23.4 Å². The van der Waals surface area contributed by atoms with Gasteiger partial charge >= 0.3 is 0 Å². The van der Waals surface area contributed by atoms with Crippen molar-refractivity contribution in [1.82, 2.24) is 14.8 Å². The van der Waals surface area contributed by atoms with Gasteiger partial charge in [-0.15, -0.1) is 10.2 Å². The van der Waals surface area contributed by atoms with Crippen LogP contribution in [0.15, 0.2) is 53.7 Å². The minimum atomic E-state index is -0.383. The fraction of sp³-hybridized carbons (Fsp3) is 0.222. The molecule has 2 aromatic carbocycles. The van der Waals surface area contributed by atoms with E-state index in [4.69, 9.17) is 0 Å². The second-order valence-electron chi connectivity index (χ2n) is 6.06. The Morgan fingerprint density at radius 1 is 1.15 bits per heavy atom. The van der Waals surface area contributed by atoms with Crippen molar-refractivity contribution in [2.75, 3.05) is 0 Å². The van der Waals surface area contributed by atoms with Crippen LogP contribution in [0.5, 0.6) is 0 Å². The third-order valence-electron chi connectivity index (χ3n) is 4.24. The molecule has 0 saturated heterocycles. The van der Waals surface area contributed by atoms with Crippen LogP contribution in [0, 0.1) is 15.9 Å². The lowest BCUT2D eigenvalue weighted by atomic mass is 10.2. The maximum absolute atomic E-state index is 14.2. The number of rotatable bonds is 6. The van der Waals surface area contributed by atoms with Gasteiger partial charge in [0.25, 0.3) is 5.69 Å². The van der Waals surface area contributed by atoms with Crippen LogP contribution in [0.4, 0.5) is 10.1 Å². The summed E-state index contributed by atoms with van der Waals surface area (Å²) in [6.45, 7) is 0. The fourth-order valence-electron chi connectivity index (χ4n) is 2.82. The van der Waals surface area contributed by atoms with Crippen LogP contribution in [0.25, 0.3) is 11.4 Å². The third-order valence-corrected chi connectivity index (χ3v) is 5.23. The molecule has 1 aliphatic carbocycles. The number of hydrogen-bond donors (Lipinski definition) is 0. The predicted molar refractivity (Wildman–Crippen MR) is 96.3 cm³/mol. The number of nitro benzene ring substituents is 1. The number of halogens is 1. The number of hydrogen-bond acceptors (Lipinski definition) is 5. The Morgan fingerprint density at radius 2 is 1.88 bits per heavy atom. The van der Waals surface area contributed by atoms with Gasteiger partial charge in [-0.3, -0.25) is 14.7 Å². The van der Waals surface area contributed by atoms with Crippen LogP contribution >= 0.6 is 11.8 Å². The predicted octanol–water partition coefficient (Wildman–Crippen LogP) is 4.62. The number of nitrogens with zero attached hydrogens (tertiary/aromatic N) is 4. The molecule has 0 atom stereocenters.